The average molecular weight is 277 g/mol. The molecule has 3 aliphatic rings. The first-order valence-electron chi connectivity index (χ1n) is 9.90. The van der Waals surface area contributed by atoms with Gasteiger partial charge in [-0.15, -0.1) is 0 Å². The van der Waals surface area contributed by atoms with E-state index in [0.717, 1.165) is 23.7 Å². The van der Waals surface area contributed by atoms with Gasteiger partial charge in [0.2, 0.25) is 0 Å². The molecule has 3 rings (SSSR count). The predicted octanol–water partition coefficient (Wildman–Crippen LogP) is 6.73. The maximum absolute atomic E-state index is 1.59. The zero-order valence-electron chi connectivity index (χ0n) is 13.6. The van der Waals surface area contributed by atoms with Crippen LogP contribution in [0.3, 0.4) is 0 Å². The smallest absolute Gasteiger partial charge is 0.0411 e. The molecule has 0 radical (unpaired) electrons. The first-order valence-corrected chi connectivity index (χ1v) is 9.90. The van der Waals surface area contributed by atoms with Crippen LogP contribution in [0.4, 0.5) is 0 Å². The molecule has 0 bridgehead atoms. The van der Waals surface area contributed by atoms with Crippen molar-refractivity contribution in [2.75, 3.05) is 0 Å². The van der Waals surface area contributed by atoms with Gasteiger partial charge in [0.1, 0.15) is 0 Å². The summed E-state index contributed by atoms with van der Waals surface area (Å²) in [5.74, 6) is 4.55. The molecule has 0 aromatic heterocycles. The maximum Gasteiger partial charge on any atom is -0.0411 e. The van der Waals surface area contributed by atoms with Gasteiger partial charge in [-0.1, -0.05) is 96.3 Å². The lowest BCUT2D eigenvalue weighted by Gasteiger charge is -2.16. The largest absolute Gasteiger partial charge is 0.0533 e. The molecule has 0 heteroatoms. The molecule has 0 heterocycles. The molecule has 0 saturated heterocycles. The zero-order valence-corrected chi connectivity index (χ0v) is 13.6. The van der Waals surface area contributed by atoms with Crippen LogP contribution in [0.1, 0.15) is 103 Å². The van der Waals surface area contributed by atoms with Gasteiger partial charge in [0.25, 0.3) is 0 Å². The quantitative estimate of drug-likeness (QED) is 0.327. The lowest BCUT2D eigenvalue weighted by molar-refractivity contribution is 0.363. The van der Waals surface area contributed by atoms with Gasteiger partial charge in [0, 0.05) is 0 Å². The normalized spacial score (nSPS) is 24.0. The van der Waals surface area contributed by atoms with E-state index in [-0.39, 0.29) is 0 Å². The van der Waals surface area contributed by atoms with Gasteiger partial charge < -0.3 is 0 Å². The Bertz CT molecular complexity index is 257. The Morgan fingerprint density at radius 3 is 1.60 bits per heavy atom. The fourth-order valence-corrected chi connectivity index (χ4v) is 3.93. The van der Waals surface area contributed by atoms with Crippen LogP contribution in [-0.2, 0) is 0 Å². The minimum atomic E-state index is 1.10. The lowest BCUT2D eigenvalue weighted by atomic mass is 9.90. The molecule has 1 unspecified atom stereocenters. The first-order chi connectivity index (χ1) is 9.90. The number of hydrogen-bond donors (Lipinski definition) is 0. The third-order valence-corrected chi connectivity index (χ3v) is 5.96. The minimum absolute atomic E-state index is 1.10. The van der Waals surface area contributed by atoms with Crippen LogP contribution in [0, 0.1) is 23.7 Å². The Morgan fingerprint density at radius 1 is 0.550 bits per heavy atom. The Kier molecular flexibility index (Phi) is 5.86. The van der Waals surface area contributed by atoms with Gasteiger partial charge >= 0.3 is 0 Å². The summed E-state index contributed by atoms with van der Waals surface area (Å²) in [6.07, 6.45) is 24.8. The monoisotopic (exact) mass is 276 g/mol. The third-order valence-electron chi connectivity index (χ3n) is 5.96. The van der Waals surface area contributed by atoms with Gasteiger partial charge in [-0.2, -0.15) is 0 Å². The summed E-state index contributed by atoms with van der Waals surface area (Å²) in [7, 11) is 0. The second-order valence-electron chi connectivity index (χ2n) is 8.35. The van der Waals surface area contributed by atoms with E-state index in [0.29, 0.717) is 0 Å². The predicted molar refractivity (Wildman–Crippen MR) is 87.8 cm³/mol. The molecule has 20 heavy (non-hydrogen) atoms. The SMILES string of the molecule is C(CCC1CC1)CCC(CCCCC1CC1)CC1CC1. The van der Waals surface area contributed by atoms with E-state index >= 15 is 0 Å². The number of unbranched alkanes of at least 4 members (excludes halogenated alkanes) is 3. The summed E-state index contributed by atoms with van der Waals surface area (Å²) in [5.41, 5.74) is 0. The molecule has 0 spiro atoms. The molecule has 3 saturated carbocycles. The van der Waals surface area contributed by atoms with Crippen LogP contribution in [0.5, 0.6) is 0 Å². The van der Waals surface area contributed by atoms with Crippen molar-refractivity contribution in [1.29, 1.82) is 0 Å². The van der Waals surface area contributed by atoms with Gasteiger partial charge in [-0.25, -0.2) is 0 Å². The highest BCUT2D eigenvalue weighted by atomic mass is 14.3. The standard InChI is InChI=1S/C20H36/c1(2-6-17-10-11-17)3-8-19(16-20-14-15-20)9-5-4-7-18-12-13-18/h17-20H,1-16H2. The van der Waals surface area contributed by atoms with E-state index in [4.69, 9.17) is 0 Å². The summed E-state index contributed by atoms with van der Waals surface area (Å²) >= 11 is 0. The van der Waals surface area contributed by atoms with Gasteiger partial charge in [-0.3, -0.25) is 0 Å². The molecule has 0 aromatic carbocycles. The molecule has 0 amide bonds. The molecular weight excluding hydrogens is 240 g/mol. The molecule has 0 nitrogen and oxygen atoms in total. The van der Waals surface area contributed by atoms with Crippen molar-refractivity contribution >= 4 is 0 Å². The van der Waals surface area contributed by atoms with Crippen molar-refractivity contribution in [2.45, 2.75) is 103 Å². The molecule has 3 aliphatic carbocycles. The van der Waals surface area contributed by atoms with Crippen molar-refractivity contribution in [1.82, 2.24) is 0 Å². The second-order valence-corrected chi connectivity index (χ2v) is 8.35. The molecule has 116 valence electrons. The summed E-state index contributed by atoms with van der Waals surface area (Å²) < 4.78 is 0. The topological polar surface area (TPSA) is 0 Å². The van der Waals surface area contributed by atoms with Crippen LogP contribution in [0.25, 0.3) is 0 Å². The van der Waals surface area contributed by atoms with Crippen LogP contribution in [-0.4, -0.2) is 0 Å². The van der Waals surface area contributed by atoms with Crippen LogP contribution < -0.4 is 0 Å². The fourth-order valence-electron chi connectivity index (χ4n) is 3.93. The highest BCUT2D eigenvalue weighted by molar-refractivity contribution is 4.78. The van der Waals surface area contributed by atoms with Crippen LogP contribution >= 0.6 is 0 Å². The Labute approximate surface area is 127 Å². The Balaban J connectivity index is 1.21. The van der Waals surface area contributed by atoms with E-state index in [9.17, 15) is 0 Å². The molecule has 0 aromatic rings. The number of hydrogen-bond acceptors (Lipinski definition) is 0. The van der Waals surface area contributed by atoms with Crippen LogP contribution in [0.2, 0.25) is 0 Å². The van der Waals surface area contributed by atoms with Gasteiger partial charge in [0.05, 0.1) is 0 Å². The maximum atomic E-state index is 1.59. The van der Waals surface area contributed by atoms with Crippen molar-refractivity contribution in [3.63, 3.8) is 0 Å². The van der Waals surface area contributed by atoms with E-state index in [1.54, 1.807) is 70.6 Å². The molecule has 1 atom stereocenters. The van der Waals surface area contributed by atoms with Crippen molar-refractivity contribution in [2.24, 2.45) is 23.7 Å². The van der Waals surface area contributed by atoms with E-state index in [2.05, 4.69) is 0 Å². The van der Waals surface area contributed by atoms with E-state index in [1.807, 2.05) is 0 Å². The molecule has 3 fully saturated rings. The van der Waals surface area contributed by atoms with Gasteiger partial charge in [-0.05, 0) is 30.1 Å². The van der Waals surface area contributed by atoms with Crippen LogP contribution in [0.15, 0.2) is 0 Å². The minimum Gasteiger partial charge on any atom is -0.0533 e. The average Bonchev–Trinajstić information content (AvgIpc) is 3.26. The summed E-state index contributed by atoms with van der Waals surface area (Å²) in [6.45, 7) is 0. The second kappa shape index (κ2) is 7.85. The van der Waals surface area contributed by atoms with E-state index < -0.39 is 0 Å². The van der Waals surface area contributed by atoms with E-state index in [1.165, 1.54) is 32.1 Å². The molecule has 0 aliphatic heterocycles. The highest BCUT2D eigenvalue weighted by Gasteiger charge is 2.25. The van der Waals surface area contributed by atoms with Crippen molar-refractivity contribution < 1.29 is 0 Å². The Hall–Kier alpha value is 0. The molecule has 0 N–H and O–H groups in total. The summed E-state index contributed by atoms with van der Waals surface area (Å²) in [6, 6.07) is 0. The Morgan fingerprint density at radius 2 is 1.05 bits per heavy atom. The van der Waals surface area contributed by atoms with Crippen molar-refractivity contribution in [3.05, 3.63) is 0 Å². The summed E-state index contributed by atoms with van der Waals surface area (Å²) in [4.78, 5) is 0. The lowest BCUT2D eigenvalue weighted by Crippen LogP contribution is -2.02. The number of rotatable bonds is 13. The highest BCUT2D eigenvalue weighted by Crippen LogP contribution is 2.39. The fraction of sp³-hybridized carbons (Fsp3) is 1.00. The third kappa shape index (κ3) is 6.64. The zero-order chi connectivity index (χ0) is 13.6. The van der Waals surface area contributed by atoms with Crippen molar-refractivity contribution in [3.8, 4) is 0 Å². The summed E-state index contributed by atoms with van der Waals surface area (Å²) in [5, 5.41) is 0. The van der Waals surface area contributed by atoms with Gasteiger partial charge in [0.15, 0.2) is 0 Å². The first kappa shape index (κ1) is 14.9. The molecular formula is C20H36.